The molecule has 0 aromatic heterocycles. The van der Waals surface area contributed by atoms with E-state index in [9.17, 15) is 23.3 Å². The molecule has 0 unspecified atom stereocenters. The highest BCUT2D eigenvalue weighted by Crippen LogP contribution is 2.30. The van der Waals surface area contributed by atoms with Gasteiger partial charge in [0.15, 0.2) is 0 Å². The van der Waals surface area contributed by atoms with Gasteiger partial charge >= 0.3 is 0 Å². The van der Waals surface area contributed by atoms with Crippen LogP contribution in [0.3, 0.4) is 0 Å². The van der Waals surface area contributed by atoms with Gasteiger partial charge < -0.3 is 9.64 Å². The van der Waals surface area contributed by atoms with Crippen LogP contribution in [0.4, 0.5) is 5.69 Å². The van der Waals surface area contributed by atoms with Gasteiger partial charge in [0.1, 0.15) is 12.4 Å². The first-order valence-electron chi connectivity index (χ1n) is 9.84. The molecule has 1 saturated heterocycles. The third-order valence-corrected chi connectivity index (χ3v) is 7.76. The minimum Gasteiger partial charge on any atom is -0.488 e. The second-order valence-corrected chi connectivity index (χ2v) is 9.89. The summed E-state index contributed by atoms with van der Waals surface area (Å²) in [4.78, 5) is 24.9. The molecule has 32 heavy (non-hydrogen) atoms. The lowest BCUT2D eigenvalue weighted by atomic mass is 10.1. The molecule has 2 aliphatic heterocycles. The van der Waals surface area contributed by atoms with Crippen LogP contribution in [-0.4, -0.2) is 61.2 Å². The number of aryl methyl sites for hydroxylation is 1. The standard InChI is InChI=1S/C21H20ClN3O6S/c1-14-2-4-18(25(27)28)12-20(14)32(29,30)24-8-6-23(7-9-24)21(26)16-10-15-11-17(22)3-5-19(15)31-13-16/h2-5,10-12H,6-9,13H2,1H3. The maximum atomic E-state index is 13.1. The maximum Gasteiger partial charge on any atom is 0.270 e. The summed E-state index contributed by atoms with van der Waals surface area (Å²) in [6, 6.07) is 8.95. The zero-order valence-electron chi connectivity index (χ0n) is 17.2. The molecule has 0 saturated carbocycles. The number of benzene rings is 2. The minimum atomic E-state index is -3.93. The number of nitro benzene ring substituents is 1. The number of nitrogens with zero attached hydrogens (tertiary/aromatic N) is 3. The molecule has 2 aromatic rings. The van der Waals surface area contributed by atoms with Crippen molar-refractivity contribution in [1.82, 2.24) is 9.21 Å². The van der Waals surface area contributed by atoms with Crippen molar-refractivity contribution in [3.8, 4) is 5.75 Å². The van der Waals surface area contributed by atoms with Gasteiger partial charge in [-0.05, 0) is 36.8 Å². The van der Waals surface area contributed by atoms with Crippen LogP contribution in [0.2, 0.25) is 5.02 Å². The number of sulfonamides is 1. The van der Waals surface area contributed by atoms with Gasteiger partial charge in [0.05, 0.1) is 15.4 Å². The normalized spacial score (nSPS) is 16.7. The van der Waals surface area contributed by atoms with E-state index in [1.54, 1.807) is 36.1 Å². The van der Waals surface area contributed by atoms with Crippen molar-refractivity contribution in [3.05, 3.63) is 68.2 Å². The number of carbonyl (C=O) groups is 1. The van der Waals surface area contributed by atoms with Crippen LogP contribution >= 0.6 is 11.6 Å². The summed E-state index contributed by atoms with van der Waals surface area (Å²) in [7, 11) is -3.93. The predicted molar refractivity (Wildman–Crippen MR) is 118 cm³/mol. The van der Waals surface area contributed by atoms with E-state index in [0.29, 0.717) is 21.9 Å². The molecule has 0 spiro atoms. The van der Waals surface area contributed by atoms with Crippen LogP contribution < -0.4 is 4.74 Å². The molecule has 2 aliphatic rings. The SMILES string of the molecule is Cc1ccc([N+](=O)[O-])cc1S(=O)(=O)N1CCN(C(=O)C2=Cc3cc(Cl)ccc3OC2)CC1. The van der Waals surface area contributed by atoms with Crippen molar-refractivity contribution in [1.29, 1.82) is 0 Å². The van der Waals surface area contributed by atoms with Crippen molar-refractivity contribution in [2.75, 3.05) is 32.8 Å². The Kier molecular flexibility index (Phi) is 5.93. The number of non-ortho nitro benzene ring substituents is 1. The van der Waals surface area contributed by atoms with Crippen LogP contribution in [0.1, 0.15) is 11.1 Å². The van der Waals surface area contributed by atoms with E-state index in [0.717, 1.165) is 11.6 Å². The number of nitro groups is 1. The van der Waals surface area contributed by atoms with E-state index in [2.05, 4.69) is 0 Å². The molecule has 0 radical (unpaired) electrons. The van der Waals surface area contributed by atoms with E-state index in [1.807, 2.05) is 0 Å². The highest BCUT2D eigenvalue weighted by atomic mass is 35.5. The van der Waals surface area contributed by atoms with E-state index >= 15 is 0 Å². The number of carbonyl (C=O) groups excluding carboxylic acids is 1. The van der Waals surface area contributed by atoms with Crippen LogP contribution in [0.25, 0.3) is 6.08 Å². The number of fused-ring (bicyclic) bond motifs is 1. The molecule has 0 aliphatic carbocycles. The molecule has 2 aromatic carbocycles. The minimum absolute atomic E-state index is 0.0900. The Morgan fingerprint density at radius 2 is 1.84 bits per heavy atom. The summed E-state index contributed by atoms with van der Waals surface area (Å²) in [6.07, 6.45) is 1.74. The number of amides is 1. The Bertz CT molecular complexity index is 1240. The van der Waals surface area contributed by atoms with Crippen molar-refractivity contribution < 1.29 is 22.9 Å². The first-order chi connectivity index (χ1) is 15.2. The van der Waals surface area contributed by atoms with E-state index in [4.69, 9.17) is 16.3 Å². The molecule has 1 amide bonds. The number of piperazine rings is 1. The number of ether oxygens (including phenoxy) is 1. The number of hydrogen-bond acceptors (Lipinski definition) is 6. The third-order valence-electron chi connectivity index (χ3n) is 5.49. The van der Waals surface area contributed by atoms with Crippen LogP contribution in [0.15, 0.2) is 46.9 Å². The fraction of sp³-hybridized carbons (Fsp3) is 0.286. The topological polar surface area (TPSA) is 110 Å². The first-order valence-corrected chi connectivity index (χ1v) is 11.7. The van der Waals surface area contributed by atoms with Crippen LogP contribution in [0, 0.1) is 17.0 Å². The number of hydrogen-bond donors (Lipinski definition) is 0. The Hall–Kier alpha value is -2.95. The lowest BCUT2D eigenvalue weighted by molar-refractivity contribution is -0.385. The van der Waals surface area contributed by atoms with Gasteiger partial charge in [-0.3, -0.25) is 14.9 Å². The summed E-state index contributed by atoms with van der Waals surface area (Å²) in [5.74, 6) is 0.424. The van der Waals surface area contributed by atoms with Crippen molar-refractivity contribution in [2.24, 2.45) is 0 Å². The van der Waals surface area contributed by atoms with E-state index in [1.165, 1.54) is 16.4 Å². The lowest BCUT2D eigenvalue weighted by Gasteiger charge is -2.35. The zero-order valence-corrected chi connectivity index (χ0v) is 18.7. The molecule has 0 atom stereocenters. The van der Waals surface area contributed by atoms with Gasteiger partial charge in [0.25, 0.3) is 11.6 Å². The van der Waals surface area contributed by atoms with Gasteiger partial charge in [-0.25, -0.2) is 8.42 Å². The lowest BCUT2D eigenvalue weighted by Crippen LogP contribution is -2.51. The molecule has 0 N–H and O–H groups in total. The average Bonchev–Trinajstić information content (AvgIpc) is 2.78. The largest absolute Gasteiger partial charge is 0.488 e. The van der Waals surface area contributed by atoms with Gasteiger partial charge in [-0.15, -0.1) is 0 Å². The first kappa shape index (κ1) is 22.3. The number of rotatable bonds is 4. The quantitative estimate of drug-likeness (QED) is 0.494. The summed E-state index contributed by atoms with van der Waals surface area (Å²) in [5, 5.41) is 11.6. The second kappa shape index (κ2) is 8.53. The van der Waals surface area contributed by atoms with Crippen molar-refractivity contribution >= 4 is 39.3 Å². The van der Waals surface area contributed by atoms with E-state index < -0.39 is 14.9 Å². The molecular formula is C21H20ClN3O6S. The average molecular weight is 478 g/mol. The van der Waals surface area contributed by atoms with Crippen LogP contribution in [0.5, 0.6) is 5.75 Å². The maximum absolute atomic E-state index is 13.1. The number of halogens is 1. The van der Waals surface area contributed by atoms with Crippen molar-refractivity contribution in [3.63, 3.8) is 0 Å². The molecule has 1 fully saturated rings. The highest BCUT2D eigenvalue weighted by Gasteiger charge is 2.33. The molecule has 168 valence electrons. The zero-order chi connectivity index (χ0) is 23.0. The van der Waals surface area contributed by atoms with Crippen LogP contribution in [-0.2, 0) is 14.8 Å². The Morgan fingerprint density at radius 1 is 1.12 bits per heavy atom. The molecular weight excluding hydrogens is 458 g/mol. The molecule has 9 nitrogen and oxygen atoms in total. The summed E-state index contributed by atoms with van der Waals surface area (Å²) < 4.78 is 33.1. The summed E-state index contributed by atoms with van der Waals surface area (Å²) in [6.45, 7) is 2.30. The smallest absolute Gasteiger partial charge is 0.270 e. The fourth-order valence-corrected chi connectivity index (χ4v) is 5.57. The van der Waals surface area contributed by atoms with Gasteiger partial charge in [-0.1, -0.05) is 17.7 Å². The summed E-state index contributed by atoms with van der Waals surface area (Å²) in [5.41, 5.74) is 1.32. The second-order valence-electron chi connectivity index (χ2n) is 7.54. The third kappa shape index (κ3) is 4.21. The van der Waals surface area contributed by atoms with E-state index in [-0.39, 0.29) is 49.3 Å². The Morgan fingerprint density at radius 3 is 2.53 bits per heavy atom. The van der Waals surface area contributed by atoms with Gasteiger partial charge in [-0.2, -0.15) is 4.31 Å². The van der Waals surface area contributed by atoms with Crippen molar-refractivity contribution in [2.45, 2.75) is 11.8 Å². The molecule has 0 bridgehead atoms. The monoisotopic (exact) mass is 477 g/mol. The summed E-state index contributed by atoms with van der Waals surface area (Å²) >= 11 is 6.02. The highest BCUT2D eigenvalue weighted by molar-refractivity contribution is 7.89. The van der Waals surface area contributed by atoms with Gasteiger partial charge in [0, 0.05) is 48.9 Å². The molecule has 11 heteroatoms. The predicted octanol–water partition coefficient (Wildman–Crippen LogP) is 2.87. The fourth-order valence-electron chi connectivity index (χ4n) is 3.73. The molecule has 4 rings (SSSR count). The molecule has 2 heterocycles. The Labute approximate surface area is 190 Å². The Balaban J connectivity index is 1.48. The van der Waals surface area contributed by atoms with Gasteiger partial charge in [0.2, 0.25) is 10.0 Å².